The highest BCUT2D eigenvalue weighted by atomic mass is 19.4. The Hall–Kier alpha value is -1.76. The van der Waals surface area contributed by atoms with Gasteiger partial charge < -0.3 is 15.0 Å². The Morgan fingerprint density at radius 1 is 1.23 bits per heavy atom. The zero-order chi connectivity index (χ0) is 16.0. The average Bonchev–Trinajstić information content (AvgIpc) is 2.73. The molecule has 0 bridgehead atoms. The number of benzene rings is 1. The van der Waals surface area contributed by atoms with Gasteiger partial charge in [-0.25, -0.2) is 0 Å². The van der Waals surface area contributed by atoms with E-state index >= 15 is 0 Å². The molecule has 7 heteroatoms. The number of amides is 1. The third kappa shape index (κ3) is 5.22. The molecule has 0 unspecified atom stereocenters. The van der Waals surface area contributed by atoms with Gasteiger partial charge in [-0.2, -0.15) is 0 Å². The predicted octanol–water partition coefficient (Wildman–Crippen LogP) is 2.34. The van der Waals surface area contributed by atoms with E-state index in [4.69, 9.17) is 0 Å². The molecule has 0 radical (unpaired) electrons. The molecule has 1 aliphatic heterocycles. The molecule has 2 rings (SSSR count). The normalized spacial score (nSPS) is 16.2. The molecule has 1 saturated heterocycles. The van der Waals surface area contributed by atoms with Gasteiger partial charge in [0.2, 0.25) is 5.91 Å². The molecule has 22 heavy (non-hydrogen) atoms. The van der Waals surface area contributed by atoms with Crippen molar-refractivity contribution in [1.82, 2.24) is 10.2 Å². The Balaban J connectivity index is 1.94. The number of carbonyl (C=O) groups is 1. The van der Waals surface area contributed by atoms with Crippen LogP contribution in [0.5, 0.6) is 5.75 Å². The molecule has 122 valence electrons. The van der Waals surface area contributed by atoms with E-state index in [-0.39, 0.29) is 24.5 Å². The number of aryl methyl sites for hydroxylation is 1. The minimum atomic E-state index is -4.73. The van der Waals surface area contributed by atoms with E-state index in [0.29, 0.717) is 18.7 Å². The molecule has 0 aliphatic carbocycles. The van der Waals surface area contributed by atoms with Gasteiger partial charge in [0.15, 0.2) is 0 Å². The summed E-state index contributed by atoms with van der Waals surface area (Å²) in [4.78, 5) is 13.9. The number of rotatable bonds is 4. The smallest absolute Gasteiger partial charge is 0.406 e. The molecule has 0 saturated carbocycles. The third-order valence-corrected chi connectivity index (χ3v) is 3.50. The standard InChI is InChI=1S/C15H19F3N2O2/c16-15(17,18)22-13-5-2-1-4-12(13)6-7-14(21)20-10-3-8-19-9-11-20/h1-2,4-5,19H,3,6-11H2. The second kappa shape index (κ2) is 7.49. The number of nitrogens with one attached hydrogen (secondary N) is 1. The highest BCUT2D eigenvalue weighted by Crippen LogP contribution is 2.27. The van der Waals surface area contributed by atoms with E-state index in [0.717, 1.165) is 19.5 Å². The van der Waals surface area contributed by atoms with Crippen molar-refractivity contribution in [1.29, 1.82) is 0 Å². The van der Waals surface area contributed by atoms with Crippen LogP contribution in [-0.2, 0) is 11.2 Å². The number of para-hydroxylation sites is 1. The van der Waals surface area contributed by atoms with Crippen LogP contribution in [-0.4, -0.2) is 43.3 Å². The molecule has 1 aliphatic rings. The van der Waals surface area contributed by atoms with Crippen molar-refractivity contribution in [3.8, 4) is 5.75 Å². The number of ether oxygens (including phenoxy) is 1. The maximum Gasteiger partial charge on any atom is 0.573 e. The fourth-order valence-electron chi connectivity index (χ4n) is 2.43. The number of halogens is 3. The van der Waals surface area contributed by atoms with Crippen LogP contribution in [0.3, 0.4) is 0 Å². The zero-order valence-electron chi connectivity index (χ0n) is 12.2. The Labute approximate surface area is 127 Å². The van der Waals surface area contributed by atoms with E-state index in [9.17, 15) is 18.0 Å². The van der Waals surface area contributed by atoms with Crippen LogP contribution in [0.25, 0.3) is 0 Å². The molecule has 4 nitrogen and oxygen atoms in total. The summed E-state index contributed by atoms with van der Waals surface area (Å²) in [6.07, 6.45) is -3.43. The van der Waals surface area contributed by atoms with Gasteiger partial charge in [0.05, 0.1) is 0 Å². The lowest BCUT2D eigenvalue weighted by molar-refractivity contribution is -0.274. The van der Waals surface area contributed by atoms with E-state index in [2.05, 4.69) is 10.1 Å². The van der Waals surface area contributed by atoms with E-state index in [1.54, 1.807) is 17.0 Å². The fourth-order valence-corrected chi connectivity index (χ4v) is 2.43. The topological polar surface area (TPSA) is 41.6 Å². The molecule has 1 aromatic carbocycles. The summed E-state index contributed by atoms with van der Waals surface area (Å²) in [5.74, 6) is -0.272. The summed E-state index contributed by atoms with van der Waals surface area (Å²) in [7, 11) is 0. The molecular weight excluding hydrogens is 297 g/mol. The van der Waals surface area contributed by atoms with Crippen LogP contribution in [0.15, 0.2) is 24.3 Å². The monoisotopic (exact) mass is 316 g/mol. The van der Waals surface area contributed by atoms with Crippen LogP contribution in [0, 0.1) is 0 Å². The number of carbonyl (C=O) groups excluding carboxylic acids is 1. The summed E-state index contributed by atoms with van der Waals surface area (Å²) in [6.45, 7) is 2.96. The van der Waals surface area contributed by atoms with E-state index in [1.807, 2.05) is 0 Å². The molecule has 0 atom stereocenters. The summed E-state index contributed by atoms with van der Waals surface area (Å²) in [6, 6.07) is 5.94. The van der Waals surface area contributed by atoms with Gasteiger partial charge >= 0.3 is 6.36 Å². The number of alkyl halides is 3. The molecular formula is C15H19F3N2O2. The van der Waals surface area contributed by atoms with Crippen LogP contribution < -0.4 is 10.1 Å². The minimum absolute atomic E-state index is 0.0366. The van der Waals surface area contributed by atoms with Crippen molar-refractivity contribution in [2.45, 2.75) is 25.6 Å². The van der Waals surface area contributed by atoms with Crippen LogP contribution >= 0.6 is 0 Å². The summed E-state index contributed by atoms with van der Waals surface area (Å²) in [5, 5.41) is 3.20. The zero-order valence-corrected chi connectivity index (χ0v) is 12.2. The highest BCUT2D eigenvalue weighted by molar-refractivity contribution is 5.76. The van der Waals surface area contributed by atoms with Gasteiger partial charge in [-0.05, 0) is 31.0 Å². The van der Waals surface area contributed by atoms with E-state index in [1.165, 1.54) is 12.1 Å². The Morgan fingerprint density at radius 3 is 2.77 bits per heavy atom. The first kappa shape index (κ1) is 16.6. The Kier molecular flexibility index (Phi) is 5.65. The second-order valence-corrected chi connectivity index (χ2v) is 5.14. The fraction of sp³-hybridized carbons (Fsp3) is 0.533. The second-order valence-electron chi connectivity index (χ2n) is 5.14. The first-order valence-corrected chi connectivity index (χ1v) is 7.28. The molecule has 1 N–H and O–H groups in total. The maximum absolute atomic E-state index is 12.4. The minimum Gasteiger partial charge on any atom is -0.406 e. The predicted molar refractivity (Wildman–Crippen MR) is 75.5 cm³/mol. The molecule has 1 amide bonds. The molecule has 1 aromatic rings. The van der Waals surface area contributed by atoms with Gasteiger partial charge in [-0.3, -0.25) is 4.79 Å². The SMILES string of the molecule is O=C(CCc1ccccc1OC(F)(F)F)N1CCCNCC1. The van der Waals surface area contributed by atoms with Gasteiger partial charge in [0, 0.05) is 26.1 Å². The highest BCUT2D eigenvalue weighted by Gasteiger charge is 2.32. The Morgan fingerprint density at radius 2 is 2.00 bits per heavy atom. The number of nitrogens with zero attached hydrogens (tertiary/aromatic N) is 1. The van der Waals surface area contributed by atoms with Crippen molar-refractivity contribution >= 4 is 5.91 Å². The quantitative estimate of drug-likeness (QED) is 0.927. The van der Waals surface area contributed by atoms with Crippen molar-refractivity contribution in [3.63, 3.8) is 0 Å². The molecule has 0 spiro atoms. The molecule has 0 aromatic heterocycles. The first-order chi connectivity index (χ1) is 10.5. The summed E-state index contributed by atoms with van der Waals surface area (Å²) in [5.41, 5.74) is 0.390. The lowest BCUT2D eigenvalue weighted by Gasteiger charge is -2.20. The van der Waals surface area contributed by atoms with Gasteiger partial charge in [0.25, 0.3) is 0 Å². The van der Waals surface area contributed by atoms with Crippen molar-refractivity contribution in [2.75, 3.05) is 26.2 Å². The largest absolute Gasteiger partial charge is 0.573 e. The van der Waals surface area contributed by atoms with Crippen LogP contribution in [0.1, 0.15) is 18.4 Å². The lowest BCUT2D eigenvalue weighted by Crippen LogP contribution is -2.34. The van der Waals surface area contributed by atoms with Gasteiger partial charge in [-0.1, -0.05) is 18.2 Å². The average molecular weight is 316 g/mol. The summed E-state index contributed by atoms with van der Waals surface area (Å²) >= 11 is 0. The van der Waals surface area contributed by atoms with Gasteiger partial charge in [-0.15, -0.1) is 13.2 Å². The maximum atomic E-state index is 12.4. The van der Waals surface area contributed by atoms with Gasteiger partial charge in [0.1, 0.15) is 5.75 Å². The molecule has 1 fully saturated rings. The van der Waals surface area contributed by atoms with Crippen molar-refractivity contribution in [2.24, 2.45) is 0 Å². The Bertz CT molecular complexity index is 498. The number of hydrogen-bond donors (Lipinski definition) is 1. The van der Waals surface area contributed by atoms with E-state index < -0.39 is 6.36 Å². The number of hydrogen-bond acceptors (Lipinski definition) is 3. The molecule has 1 heterocycles. The van der Waals surface area contributed by atoms with Crippen molar-refractivity contribution < 1.29 is 22.7 Å². The first-order valence-electron chi connectivity index (χ1n) is 7.28. The van der Waals surface area contributed by atoms with Crippen LogP contribution in [0.4, 0.5) is 13.2 Å². The van der Waals surface area contributed by atoms with Crippen LogP contribution in [0.2, 0.25) is 0 Å². The summed E-state index contributed by atoms with van der Waals surface area (Å²) < 4.78 is 41.1. The lowest BCUT2D eigenvalue weighted by atomic mass is 10.1. The third-order valence-electron chi connectivity index (χ3n) is 3.50. The van der Waals surface area contributed by atoms with Crippen molar-refractivity contribution in [3.05, 3.63) is 29.8 Å².